The lowest BCUT2D eigenvalue weighted by Crippen LogP contribution is -2.28. The molecular weight excluding hydrogens is 316 g/mol. The molecule has 2 aromatic carbocycles. The summed E-state index contributed by atoms with van der Waals surface area (Å²) in [4.78, 5) is 25.5. The molecule has 1 aromatic heterocycles. The van der Waals surface area contributed by atoms with Crippen LogP contribution in [0, 0.1) is 0 Å². The highest BCUT2D eigenvalue weighted by atomic mass is 16.1. The van der Waals surface area contributed by atoms with Crippen molar-refractivity contribution in [2.45, 2.75) is 19.4 Å². The van der Waals surface area contributed by atoms with Crippen LogP contribution in [0.25, 0.3) is 22.0 Å². The van der Waals surface area contributed by atoms with Gasteiger partial charge in [-0.05, 0) is 42.7 Å². The third-order valence-electron chi connectivity index (χ3n) is 4.19. The van der Waals surface area contributed by atoms with Crippen molar-refractivity contribution in [2.24, 2.45) is 11.5 Å². The van der Waals surface area contributed by atoms with Crippen LogP contribution in [0.1, 0.15) is 29.8 Å². The number of aromatic nitrogens is 1. The number of carbonyl (C=O) groups excluding carboxylic acids is 2. The van der Waals surface area contributed by atoms with E-state index in [9.17, 15) is 9.59 Å². The first-order valence-corrected chi connectivity index (χ1v) is 7.87. The van der Waals surface area contributed by atoms with Crippen molar-refractivity contribution < 1.29 is 9.59 Å². The van der Waals surface area contributed by atoms with Crippen molar-refractivity contribution in [3.05, 3.63) is 53.6 Å². The van der Waals surface area contributed by atoms with Gasteiger partial charge in [-0.15, -0.1) is 0 Å². The van der Waals surface area contributed by atoms with Crippen molar-refractivity contribution in [3.8, 4) is 11.1 Å². The molecule has 0 saturated carbocycles. The average Bonchev–Trinajstić information content (AvgIpc) is 2.91. The monoisotopic (exact) mass is 336 g/mol. The van der Waals surface area contributed by atoms with Crippen LogP contribution in [0.2, 0.25) is 0 Å². The summed E-state index contributed by atoms with van der Waals surface area (Å²) in [6, 6.07) is 13.6. The fraction of sp³-hybridized carbons (Fsp3) is 0.158. The maximum atomic E-state index is 11.7. The predicted octanol–water partition coefficient (Wildman–Crippen LogP) is 2.70. The molecule has 1 heterocycles. The summed E-state index contributed by atoms with van der Waals surface area (Å²) in [5, 5.41) is 3.14. The van der Waals surface area contributed by atoms with Gasteiger partial charge in [0, 0.05) is 16.4 Å². The Morgan fingerprint density at radius 3 is 2.52 bits per heavy atom. The number of anilines is 1. The largest absolute Gasteiger partial charge is 0.365 e. The molecule has 2 amide bonds. The van der Waals surface area contributed by atoms with Crippen LogP contribution in [-0.4, -0.2) is 17.3 Å². The molecule has 6 N–H and O–H groups in total. The van der Waals surface area contributed by atoms with Crippen LogP contribution in [0.15, 0.2) is 42.5 Å². The number of rotatable bonds is 5. The standard InChI is InChI=1S/C19H20N4O2/c1-19(2,21)13-5-3-4-11(8-13)12-6-7-14-15(9-12)23-18(22-10-24)16(14)17(20)25/h3-10,23H,21H2,1-2H3,(H2,20,25)(H,22,24). The fourth-order valence-corrected chi connectivity index (χ4v) is 2.90. The highest BCUT2D eigenvalue weighted by molar-refractivity contribution is 6.12. The van der Waals surface area contributed by atoms with Crippen molar-refractivity contribution in [3.63, 3.8) is 0 Å². The maximum absolute atomic E-state index is 11.7. The zero-order valence-electron chi connectivity index (χ0n) is 14.1. The Kier molecular flexibility index (Phi) is 4.06. The van der Waals surface area contributed by atoms with Gasteiger partial charge in [-0.1, -0.05) is 30.3 Å². The molecule has 0 aliphatic heterocycles. The van der Waals surface area contributed by atoms with Gasteiger partial charge in [0.2, 0.25) is 6.41 Å². The second-order valence-corrected chi connectivity index (χ2v) is 6.56. The van der Waals surface area contributed by atoms with Gasteiger partial charge >= 0.3 is 0 Å². The molecule has 0 radical (unpaired) electrons. The smallest absolute Gasteiger partial charge is 0.253 e. The number of hydrogen-bond acceptors (Lipinski definition) is 3. The number of hydrogen-bond donors (Lipinski definition) is 4. The topological polar surface area (TPSA) is 114 Å². The molecule has 0 unspecified atom stereocenters. The lowest BCUT2D eigenvalue weighted by Gasteiger charge is -2.20. The zero-order chi connectivity index (χ0) is 18.2. The lowest BCUT2D eigenvalue weighted by molar-refractivity contribution is -0.105. The summed E-state index contributed by atoms with van der Waals surface area (Å²) < 4.78 is 0. The number of amides is 2. The maximum Gasteiger partial charge on any atom is 0.253 e. The Labute approximate surface area is 145 Å². The van der Waals surface area contributed by atoms with Gasteiger partial charge in [-0.2, -0.15) is 0 Å². The molecule has 0 spiro atoms. The van der Waals surface area contributed by atoms with E-state index in [0.29, 0.717) is 23.1 Å². The Balaban J connectivity index is 2.14. The van der Waals surface area contributed by atoms with Crippen LogP contribution in [0.5, 0.6) is 0 Å². The van der Waals surface area contributed by atoms with Crippen LogP contribution in [-0.2, 0) is 10.3 Å². The van der Waals surface area contributed by atoms with Crippen molar-refractivity contribution in [1.82, 2.24) is 4.98 Å². The third kappa shape index (κ3) is 3.12. The molecule has 3 rings (SSSR count). The first kappa shape index (κ1) is 16.7. The summed E-state index contributed by atoms with van der Waals surface area (Å²) in [7, 11) is 0. The number of fused-ring (bicyclic) bond motifs is 1. The number of primary amides is 1. The second-order valence-electron chi connectivity index (χ2n) is 6.56. The molecular formula is C19H20N4O2. The van der Waals surface area contributed by atoms with E-state index >= 15 is 0 Å². The summed E-state index contributed by atoms with van der Waals surface area (Å²) in [5.41, 5.74) is 15.2. The van der Waals surface area contributed by atoms with Crippen molar-refractivity contribution in [1.29, 1.82) is 0 Å². The quantitative estimate of drug-likeness (QED) is 0.537. The summed E-state index contributed by atoms with van der Waals surface area (Å²) in [6.07, 6.45) is 0.505. The minimum atomic E-state index is -0.602. The van der Waals surface area contributed by atoms with E-state index in [2.05, 4.69) is 10.3 Å². The molecule has 0 bridgehead atoms. The van der Waals surface area contributed by atoms with Gasteiger partial charge in [0.1, 0.15) is 5.82 Å². The molecule has 6 heteroatoms. The second kappa shape index (κ2) is 6.07. The van der Waals surface area contributed by atoms with E-state index in [0.717, 1.165) is 16.7 Å². The third-order valence-corrected chi connectivity index (χ3v) is 4.19. The van der Waals surface area contributed by atoms with Gasteiger partial charge < -0.3 is 21.8 Å². The van der Waals surface area contributed by atoms with Gasteiger partial charge in [0.25, 0.3) is 5.91 Å². The molecule has 6 nitrogen and oxygen atoms in total. The Hall–Kier alpha value is -3.12. The van der Waals surface area contributed by atoms with E-state index in [-0.39, 0.29) is 5.56 Å². The van der Waals surface area contributed by atoms with Gasteiger partial charge in [0.05, 0.1) is 5.56 Å². The molecule has 0 saturated heterocycles. The molecule has 0 aliphatic rings. The minimum Gasteiger partial charge on any atom is -0.365 e. The number of benzene rings is 2. The van der Waals surface area contributed by atoms with Crippen LogP contribution in [0.4, 0.5) is 5.82 Å². The predicted molar refractivity (Wildman–Crippen MR) is 99.2 cm³/mol. The van der Waals surface area contributed by atoms with Gasteiger partial charge in [0.15, 0.2) is 0 Å². The molecule has 0 fully saturated rings. The van der Waals surface area contributed by atoms with E-state index in [1.54, 1.807) is 0 Å². The number of H-pyrrole nitrogens is 1. The SMILES string of the molecule is CC(C)(N)c1cccc(-c2ccc3c(C(N)=O)c(NC=O)[nH]c3c2)c1. The molecule has 3 aromatic rings. The number of carbonyl (C=O) groups is 2. The van der Waals surface area contributed by atoms with Crippen LogP contribution < -0.4 is 16.8 Å². The molecule has 0 atom stereocenters. The highest BCUT2D eigenvalue weighted by Crippen LogP contribution is 2.31. The molecule has 25 heavy (non-hydrogen) atoms. The normalized spacial score (nSPS) is 11.5. The molecule has 0 aliphatic carbocycles. The summed E-state index contributed by atoms with van der Waals surface area (Å²) in [5.74, 6) is -0.304. The van der Waals surface area contributed by atoms with Gasteiger partial charge in [-0.25, -0.2) is 0 Å². The van der Waals surface area contributed by atoms with Gasteiger partial charge in [-0.3, -0.25) is 9.59 Å². The lowest BCUT2D eigenvalue weighted by atomic mass is 9.92. The van der Waals surface area contributed by atoms with Crippen LogP contribution in [0.3, 0.4) is 0 Å². The van der Waals surface area contributed by atoms with E-state index in [1.807, 2.05) is 56.3 Å². The number of nitrogens with two attached hydrogens (primary N) is 2. The number of aromatic amines is 1. The molecule has 128 valence electrons. The average molecular weight is 336 g/mol. The first-order valence-electron chi connectivity index (χ1n) is 7.87. The first-order chi connectivity index (χ1) is 11.8. The van der Waals surface area contributed by atoms with Crippen LogP contribution >= 0.6 is 0 Å². The Morgan fingerprint density at radius 2 is 1.88 bits per heavy atom. The fourth-order valence-electron chi connectivity index (χ4n) is 2.90. The zero-order valence-corrected chi connectivity index (χ0v) is 14.1. The van der Waals surface area contributed by atoms with Crippen molar-refractivity contribution in [2.75, 3.05) is 5.32 Å². The summed E-state index contributed by atoms with van der Waals surface area (Å²) in [6.45, 7) is 3.91. The van der Waals surface area contributed by atoms with E-state index in [4.69, 9.17) is 11.5 Å². The Bertz CT molecular complexity index is 967. The van der Waals surface area contributed by atoms with E-state index < -0.39 is 11.4 Å². The van der Waals surface area contributed by atoms with E-state index in [1.165, 1.54) is 0 Å². The Morgan fingerprint density at radius 1 is 1.16 bits per heavy atom. The van der Waals surface area contributed by atoms with Crippen molar-refractivity contribution >= 4 is 29.0 Å². The number of nitrogens with one attached hydrogen (secondary N) is 2. The highest BCUT2D eigenvalue weighted by Gasteiger charge is 2.17. The minimum absolute atomic E-state index is 0.269. The summed E-state index contributed by atoms with van der Waals surface area (Å²) >= 11 is 0.